The summed E-state index contributed by atoms with van der Waals surface area (Å²) in [6.45, 7) is 1.89. The van der Waals surface area contributed by atoms with Gasteiger partial charge in [-0.25, -0.2) is 4.39 Å². The van der Waals surface area contributed by atoms with Crippen LogP contribution in [0.4, 0.5) is 4.39 Å². The van der Waals surface area contributed by atoms with Crippen LogP contribution < -0.4 is 4.74 Å². The minimum Gasteiger partial charge on any atom is -0.493 e. The third kappa shape index (κ3) is 3.58. The zero-order valence-electron chi connectivity index (χ0n) is 8.44. The first kappa shape index (κ1) is 11.5. The molecule has 0 spiro atoms. The van der Waals surface area contributed by atoms with E-state index in [9.17, 15) is 9.18 Å². The van der Waals surface area contributed by atoms with E-state index in [2.05, 4.69) is 0 Å². The molecule has 1 rings (SSSR count). The molecular formula is C11H13FO3. The fraction of sp³-hybridized carbons (Fsp3) is 0.364. The molecule has 4 heteroatoms. The lowest BCUT2D eigenvalue weighted by molar-refractivity contribution is -0.142. The molecule has 0 radical (unpaired) electrons. The summed E-state index contributed by atoms with van der Waals surface area (Å²) in [5, 5.41) is 8.76. The Morgan fingerprint density at radius 3 is 2.53 bits per heavy atom. The van der Waals surface area contributed by atoms with Gasteiger partial charge in [0, 0.05) is 0 Å². The van der Waals surface area contributed by atoms with Gasteiger partial charge in [0.1, 0.15) is 18.2 Å². The molecule has 0 saturated carbocycles. The summed E-state index contributed by atoms with van der Waals surface area (Å²) in [7, 11) is 0. The lowest BCUT2D eigenvalue weighted by Gasteiger charge is -2.11. The molecule has 1 atom stereocenters. The molecule has 0 bridgehead atoms. The molecule has 15 heavy (non-hydrogen) atoms. The Bertz CT molecular complexity index is 321. The zero-order chi connectivity index (χ0) is 11.3. The number of carbonyl (C=O) groups is 1. The van der Waals surface area contributed by atoms with Gasteiger partial charge >= 0.3 is 5.97 Å². The Hall–Kier alpha value is -1.58. The minimum absolute atomic E-state index is 0.109. The van der Waals surface area contributed by atoms with E-state index in [1.807, 2.05) is 0 Å². The van der Waals surface area contributed by atoms with E-state index >= 15 is 0 Å². The molecule has 0 aliphatic carbocycles. The molecule has 0 amide bonds. The fourth-order valence-electron chi connectivity index (χ4n) is 1.09. The Morgan fingerprint density at radius 1 is 1.47 bits per heavy atom. The maximum atomic E-state index is 12.5. The number of ether oxygens (including phenoxy) is 1. The third-order valence-corrected chi connectivity index (χ3v) is 2.11. The first-order valence-corrected chi connectivity index (χ1v) is 4.74. The monoisotopic (exact) mass is 212 g/mol. The number of benzene rings is 1. The van der Waals surface area contributed by atoms with Gasteiger partial charge in [0.15, 0.2) is 0 Å². The summed E-state index contributed by atoms with van der Waals surface area (Å²) >= 11 is 0. The highest BCUT2D eigenvalue weighted by Crippen LogP contribution is 2.13. The van der Waals surface area contributed by atoms with Crippen molar-refractivity contribution in [2.45, 2.75) is 13.3 Å². The molecule has 82 valence electrons. The maximum Gasteiger partial charge on any atom is 0.309 e. The second kappa shape index (κ2) is 5.34. The molecule has 0 saturated heterocycles. The van der Waals surface area contributed by atoms with Crippen LogP contribution in [0.1, 0.15) is 13.3 Å². The van der Waals surface area contributed by atoms with E-state index in [0.717, 1.165) is 0 Å². The van der Waals surface area contributed by atoms with E-state index < -0.39 is 11.9 Å². The normalized spacial score (nSPS) is 12.1. The lowest BCUT2D eigenvalue weighted by Crippen LogP contribution is -2.20. The number of aliphatic carboxylic acids is 1. The van der Waals surface area contributed by atoms with Crippen LogP contribution in [0, 0.1) is 11.7 Å². The van der Waals surface area contributed by atoms with Crippen LogP contribution in [-0.2, 0) is 4.79 Å². The van der Waals surface area contributed by atoms with Crippen LogP contribution >= 0.6 is 0 Å². The highest BCUT2D eigenvalue weighted by atomic mass is 19.1. The van der Waals surface area contributed by atoms with Crippen molar-refractivity contribution in [3.05, 3.63) is 30.1 Å². The molecule has 0 aliphatic rings. The predicted octanol–water partition coefficient (Wildman–Crippen LogP) is 2.32. The fourth-order valence-corrected chi connectivity index (χ4v) is 1.09. The van der Waals surface area contributed by atoms with Crippen molar-refractivity contribution in [3.8, 4) is 5.75 Å². The third-order valence-electron chi connectivity index (χ3n) is 2.11. The van der Waals surface area contributed by atoms with Gasteiger partial charge in [-0.1, -0.05) is 6.92 Å². The molecule has 0 fully saturated rings. The highest BCUT2D eigenvalue weighted by molar-refractivity contribution is 5.70. The van der Waals surface area contributed by atoms with Crippen LogP contribution in [-0.4, -0.2) is 17.7 Å². The molecule has 1 unspecified atom stereocenters. The second-order valence-electron chi connectivity index (χ2n) is 3.21. The molecule has 1 aromatic carbocycles. The summed E-state index contributed by atoms with van der Waals surface area (Å²) in [4.78, 5) is 10.7. The van der Waals surface area contributed by atoms with Gasteiger partial charge in [-0.3, -0.25) is 4.79 Å². The molecule has 0 heterocycles. The average molecular weight is 212 g/mol. The summed E-state index contributed by atoms with van der Waals surface area (Å²) in [5.74, 6) is -1.25. The van der Waals surface area contributed by atoms with Gasteiger partial charge in [0.05, 0.1) is 5.92 Å². The van der Waals surface area contributed by atoms with Crippen molar-refractivity contribution in [3.63, 3.8) is 0 Å². The van der Waals surface area contributed by atoms with Gasteiger partial charge in [-0.05, 0) is 30.7 Å². The number of carboxylic acids is 1. The summed E-state index contributed by atoms with van der Waals surface area (Å²) in [6, 6.07) is 5.50. The topological polar surface area (TPSA) is 46.5 Å². The van der Waals surface area contributed by atoms with Crippen LogP contribution in [0.5, 0.6) is 5.75 Å². The SMILES string of the molecule is CCC(COc1ccc(F)cc1)C(=O)O. The lowest BCUT2D eigenvalue weighted by atomic mass is 10.1. The van der Waals surface area contributed by atoms with Crippen LogP contribution in [0.15, 0.2) is 24.3 Å². The van der Waals surface area contributed by atoms with Gasteiger partial charge in [-0.2, -0.15) is 0 Å². The quantitative estimate of drug-likeness (QED) is 0.814. The first-order chi connectivity index (χ1) is 7.13. The van der Waals surface area contributed by atoms with Crippen LogP contribution in [0.2, 0.25) is 0 Å². The van der Waals surface area contributed by atoms with Crippen molar-refractivity contribution >= 4 is 5.97 Å². The summed E-state index contributed by atoms with van der Waals surface area (Å²) in [6.07, 6.45) is 0.510. The van der Waals surface area contributed by atoms with Crippen molar-refractivity contribution in [1.82, 2.24) is 0 Å². The van der Waals surface area contributed by atoms with E-state index in [-0.39, 0.29) is 12.4 Å². The average Bonchev–Trinajstić information content (AvgIpc) is 2.21. The van der Waals surface area contributed by atoms with Crippen LogP contribution in [0.3, 0.4) is 0 Å². The maximum absolute atomic E-state index is 12.5. The van der Waals surface area contributed by atoms with Crippen molar-refractivity contribution in [2.75, 3.05) is 6.61 Å². The van der Waals surface area contributed by atoms with E-state index in [0.29, 0.717) is 12.2 Å². The number of hydrogen-bond donors (Lipinski definition) is 1. The molecule has 1 N–H and O–H groups in total. The number of rotatable bonds is 5. The predicted molar refractivity (Wildman–Crippen MR) is 53.3 cm³/mol. The number of hydrogen-bond acceptors (Lipinski definition) is 2. The summed E-state index contributed by atoms with van der Waals surface area (Å²) in [5.41, 5.74) is 0. The zero-order valence-corrected chi connectivity index (χ0v) is 8.44. The highest BCUT2D eigenvalue weighted by Gasteiger charge is 2.15. The van der Waals surface area contributed by atoms with E-state index in [1.54, 1.807) is 6.92 Å². The van der Waals surface area contributed by atoms with Crippen molar-refractivity contribution in [2.24, 2.45) is 5.92 Å². The molecule has 3 nitrogen and oxygen atoms in total. The van der Waals surface area contributed by atoms with Crippen molar-refractivity contribution < 1.29 is 19.0 Å². The minimum atomic E-state index is -0.875. The Morgan fingerprint density at radius 2 is 2.07 bits per heavy atom. The smallest absolute Gasteiger partial charge is 0.309 e. The van der Waals surface area contributed by atoms with Gasteiger partial charge in [-0.15, -0.1) is 0 Å². The first-order valence-electron chi connectivity index (χ1n) is 4.74. The van der Waals surface area contributed by atoms with E-state index in [1.165, 1.54) is 24.3 Å². The standard InChI is InChI=1S/C11H13FO3/c1-2-8(11(13)14)7-15-10-5-3-9(12)4-6-10/h3-6,8H,2,7H2,1H3,(H,13,14). The molecule has 0 aromatic heterocycles. The Balaban J connectivity index is 2.49. The second-order valence-corrected chi connectivity index (χ2v) is 3.21. The van der Waals surface area contributed by atoms with Crippen LogP contribution in [0.25, 0.3) is 0 Å². The number of halogens is 1. The molecule has 0 aliphatic heterocycles. The largest absolute Gasteiger partial charge is 0.493 e. The van der Waals surface area contributed by atoms with Gasteiger partial charge in [0.2, 0.25) is 0 Å². The number of carboxylic acid groups (broad SMARTS) is 1. The Labute approximate surface area is 87.5 Å². The van der Waals surface area contributed by atoms with E-state index in [4.69, 9.17) is 9.84 Å². The van der Waals surface area contributed by atoms with Gasteiger partial charge in [0.25, 0.3) is 0 Å². The Kier molecular flexibility index (Phi) is 4.09. The van der Waals surface area contributed by atoms with Crippen molar-refractivity contribution in [1.29, 1.82) is 0 Å². The molecule has 1 aromatic rings. The van der Waals surface area contributed by atoms with Gasteiger partial charge < -0.3 is 9.84 Å². The summed E-state index contributed by atoms with van der Waals surface area (Å²) < 4.78 is 17.8. The molecular weight excluding hydrogens is 199 g/mol.